The van der Waals surface area contributed by atoms with E-state index in [0.717, 1.165) is 34.3 Å². The Kier molecular flexibility index (Phi) is 7.26. The molecular formula is C25H30N6O2. The molecule has 0 unspecified atom stereocenters. The first-order chi connectivity index (χ1) is 16.1. The number of nitrogens with one attached hydrogen (secondary N) is 1. The zero-order valence-corrected chi connectivity index (χ0v) is 19.1. The highest BCUT2D eigenvalue weighted by molar-refractivity contribution is 5.79. The largest absolute Gasteiger partial charge is 0.396 e. The molecule has 2 heterocycles. The van der Waals surface area contributed by atoms with Crippen LogP contribution >= 0.6 is 0 Å². The first-order valence-electron chi connectivity index (χ1n) is 11.4. The first kappa shape index (κ1) is 22.8. The molecule has 0 aliphatic carbocycles. The third kappa shape index (κ3) is 5.35. The minimum Gasteiger partial charge on any atom is -0.396 e. The van der Waals surface area contributed by atoms with Crippen molar-refractivity contribution in [1.82, 2.24) is 30.1 Å². The van der Waals surface area contributed by atoms with E-state index >= 15 is 0 Å². The highest BCUT2D eigenvalue weighted by atomic mass is 16.3. The fraction of sp³-hybridized carbons (Fsp3) is 0.360. The number of aliphatic hydroxyl groups excluding tert-OH is 1. The topological polar surface area (TPSA) is 99.9 Å². The second-order valence-electron chi connectivity index (χ2n) is 8.37. The third-order valence-electron chi connectivity index (χ3n) is 5.91. The average Bonchev–Trinajstić information content (AvgIpc) is 3.26. The Morgan fingerprint density at radius 1 is 1.15 bits per heavy atom. The van der Waals surface area contributed by atoms with Gasteiger partial charge in [0.1, 0.15) is 0 Å². The predicted octanol–water partition coefficient (Wildman–Crippen LogP) is 3.21. The molecule has 0 saturated carbocycles. The number of aromatic nitrogens is 5. The standard InChI is InChI=1S/C25H30N6O2/c1-3-23(24-27-28-29-31(24)16-19-8-5-4-6-9-19)30(12-7-13-32)17-21-15-20-14-18(2)10-11-22(20)26-25(21)33/h4-6,8-11,14-15,23,32H,3,7,12-13,16-17H2,1-2H3,(H,26,33)/t23-/m1/s1. The maximum Gasteiger partial charge on any atom is 0.252 e. The molecule has 172 valence electrons. The Morgan fingerprint density at radius 3 is 2.73 bits per heavy atom. The molecular weight excluding hydrogens is 416 g/mol. The summed E-state index contributed by atoms with van der Waals surface area (Å²) in [5.41, 5.74) is 3.68. The number of H-pyrrole nitrogens is 1. The number of hydrogen-bond donors (Lipinski definition) is 2. The van der Waals surface area contributed by atoms with E-state index in [1.54, 1.807) is 0 Å². The lowest BCUT2D eigenvalue weighted by molar-refractivity contribution is 0.152. The van der Waals surface area contributed by atoms with Crippen molar-refractivity contribution in [1.29, 1.82) is 0 Å². The normalized spacial score (nSPS) is 12.5. The molecule has 8 nitrogen and oxygen atoms in total. The number of aryl methyl sites for hydroxylation is 1. The van der Waals surface area contributed by atoms with Crippen molar-refractivity contribution in [3.05, 3.63) is 87.5 Å². The van der Waals surface area contributed by atoms with Crippen LogP contribution in [0.15, 0.2) is 59.4 Å². The average molecular weight is 447 g/mol. The summed E-state index contributed by atoms with van der Waals surface area (Å²) in [6.07, 6.45) is 1.37. The van der Waals surface area contributed by atoms with Crippen LogP contribution in [0.25, 0.3) is 10.9 Å². The number of fused-ring (bicyclic) bond motifs is 1. The van der Waals surface area contributed by atoms with Crippen LogP contribution in [0.5, 0.6) is 0 Å². The number of benzene rings is 2. The van der Waals surface area contributed by atoms with Crippen LogP contribution in [0.4, 0.5) is 0 Å². The molecule has 0 aliphatic rings. The van der Waals surface area contributed by atoms with Gasteiger partial charge in [0.2, 0.25) is 0 Å². The van der Waals surface area contributed by atoms with Gasteiger partial charge in [-0.05, 0) is 59.3 Å². The zero-order chi connectivity index (χ0) is 23.2. The highest BCUT2D eigenvalue weighted by Gasteiger charge is 2.25. The molecule has 0 amide bonds. The van der Waals surface area contributed by atoms with Crippen molar-refractivity contribution in [3.8, 4) is 0 Å². The maximum atomic E-state index is 12.9. The molecule has 8 heteroatoms. The lowest BCUT2D eigenvalue weighted by atomic mass is 10.1. The van der Waals surface area contributed by atoms with Crippen molar-refractivity contribution >= 4 is 10.9 Å². The number of aromatic amines is 1. The van der Waals surface area contributed by atoms with E-state index in [1.165, 1.54) is 0 Å². The third-order valence-corrected chi connectivity index (χ3v) is 5.91. The van der Waals surface area contributed by atoms with Crippen molar-refractivity contribution < 1.29 is 5.11 Å². The maximum absolute atomic E-state index is 12.9. The molecule has 33 heavy (non-hydrogen) atoms. The van der Waals surface area contributed by atoms with Gasteiger partial charge in [0.15, 0.2) is 5.82 Å². The highest BCUT2D eigenvalue weighted by Crippen LogP contribution is 2.25. The smallest absolute Gasteiger partial charge is 0.252 e. The molecule has 0 radical (unpaired) electrons. The molecule has 0 fully saturated rings. The van der Waals surface area contributed by atoms with Crippen LogP contribution < -0.4 is 5.56 Å². The van der Waals surface area contributed by atoms with E-state index in [0.29, 0.717) is 31.6 Å². The van der Waals surface area contributed by atoms with Crippen LogP contribution in [-0.4, -0.2) is 48.3 Å². The van der Waals surface area contributed by atoms with Crippen molar-refractivity contribution in [2.75, 3.05) is 13.2 Å². The number of tetrazole rings is 1. The second-order valence-corrected chi connectivity index (χ2v) is 8.37. The van der Waals surface area contributed by atoms with Crippen LogP contribution in [-0.2, 0) is 13.1 Å². The first-order valence-corrected chi connectivity index (χ1v) is 11.4. The van der Waals surface area contributed by atoms with Crippen LogP contribution in [0.3, 0.4) is 0 Å². The van der Waals surface area contributed by atoms with E-state index in [-0.39, 0.29) is 18.2 Å². The number of rotatable bonds is 10. The Hall–Kier alpha value is -3.36. The fourth-order valence-corrected chi connectivity index (χ4v) is 4.25. The van der Waals surface area contributed by atoms with Crippen LogP contribution in [0.2, 0.25) is 0 Å². The quantitative estimate of drug-likeness (QED) is 0.388. The summed E-state index contributed by atoms with van der Waals surface area (Å²) in [6, 6.07) is 17.9. The lowest BCUT2D eigenvalue weighted by Gasteiger charge is -2.30. The molecule has 0 spiro atoms. The molecule has 2 aromatic carbocycles. The number of pyridine rings is 1. The van der Waals surface area contributed by atoms with Crippen LogP contribution in [0.1, 0.15) is 48.3 Å². The van der Waals surface area contributed by atoms with Gasteiger partial charge < -0.3 is 10.1 Å². The summed E-state index contributed by atoms with van der Waals surface area (Å²) >= 11 is 0. The zero-order valence-electron chi connectivity index (χ0n) is 19.1. The SMILES string of the molecule is CC[C@H](c1nnnn1Cc1ccccc1)N(CCCO)Cc1cc2cc(C)ccc2[nH]c1=O. The Bertz CT molecular complexity index is 1250. The minimum absolute atomic E-state index is 0.0785. The summed E-state index contributed by atoms with van der Waals surface area (Å²) in [5, 5.41) is 23.0. The molecule has 2 N–H and O–H groups in total. The van der Waals surface area contributed by atoms with Crippen molar-refractivity contribution in [2.45, 2.75) is 45.8 Å². The van der Waals surface area contributed by atoms with Gasteiger partial charge in [-0.3, -0.25) is 9.69 Å². The number of nitrogens with zero attached hydrogens (tertiary/aromatic N) is 5. The van der Waals surface area contributed by atoms with E-state index < -0.39 is 0 Å². The summed E-state index contributed by atoms with van der Waals surface area (Å²) in [7, 11) is 0. The Morgan fingerprint density at radius 2 is 1.97 bits per heavy atom. The van der Waals surface area contributed by atoms with Gasteiger partial charge in [0.05, 0.1) is 12.6 Å². The van der Waals surface area contributed by atoms with Gasteiger partial charge in [-0.15, -0.1) is 5.10 Å². The van der Waals surface area contributed by atoms with E-state index in [4.69, 9.17) is 0 Å². The number of hydrogen-bond acceptors (Lipinski definition) is 6. The van der Waals surface area contributed by atoms with E-state index in [1.807, 2.05) is 60.1 Å². The summed E-state index contributed by atoms with van der Waals surface area (Å²) < 4.78 is 1.82. The summed E-state index contributed by atoms with van der Waals surface area (Å²) in [4.78, 5) is 18.1. The van der Waals surface area contributed by atoms with Gasteiger partial charge in [0.25, 0.3) is 5.56 Å². The molecule has 4 aromatic rings. The molecule has 0 bridgehead atoms. The second kappa shape index (κ2) is 10.5. The number of aliphatic hydroxyl groups is 1. The Balaban J connectivity index is 1.66. The molecule has 0 saturated heterocycles. The van der Waals surface area contributed by atoms with Gasteiger partial charge in [-0.1, -0.05) is 48.9 Å². The monoisotopic (exact) mass is 446 g/mol. The van der Waals surface area contributed by atoms with Gasteiger partial charge in [-0.25, -0.2) is 4.68 Å². The van der Waals surface area contributed by atoms with Crippen molar-refractivity contribution in [3.63, 3.8) is 0 Å². The molecule has 2 aromatic heterocycles. The molecule has 1 atom stereocenters. The minimum atomic E-state index is -0.0981. The molecule has 0 aliphatic heterocycles. The van der Waals surface area contributed by atoms with E-state index in [2.05, 4.69) is 38.4 Å². The van der Waals surface area contributed by atoms with Gasteiger partial charge in [-0.2, -0.15) is 0 Å². The predicted molar refractivity (Wildman–Crippen MR) is 128 cm³/mol. The molecule has 4 rings (SSSR count). The summed E-state index contributed by atoms with van der Waals surface area (Å²) in [6.45, 7) is 5.84. The van der Waals surface area contributed by atoms with Gasteiger partial charge in [0, 0.05) is 30.8 Å². The van der Waals surface area contributed by atoms with E-state index in [9.17, 15) is 9.90 Å². The van der Waals surface area contributed by atoms with Gasteiger partial charge >= 0.3 is 0 Å². The summed E-state index contributed by atoms with van der Waals surface area (Å²) in [5.74, 6) is 0.757. The lowest BCUT2D eigenvalue weighted by Crippen LogP contribution is -2.34. The Labute approximate surface area is 192 Å². The van der Waals surface area contributed by atoms with Crippen LogP contribution in [0, 0.1) is 6.92 Å². The fourth-order valence-electron chi connectivity index (χ4n) is 4.25. The van der Waals surface area contributed by atoms with Crippen molar-refractivity contribution in [2.24, 2.45) is 0 Å².